The molecule has 3 aromatic rings. The molecule has 200 valence electrons. The summed E-state index contributed by atoms with van der Waals surface area (Å²) >= 11 is 5.72. The Morgan fingerprint density at radius 3 is 2.76 bits per heavy atom. The fourth-order valence-corrected chi connectivity index (χ4v) is 4.56. The Morgan fingerprint density at radius 1 is 1.19 bits per heavy atom. The van der Waals surface area contributed by atoms with Gasteiger partial charge in [0.25, 0.3) is 0 Å². The number of aliphatic hydroxyl groups is 2. The minimum absolute atomic E-state index is 0.00801. The van der Waals surface area contributed by atoms with Crippen LogP contribution in [0.1, 0.15) is 24.2 Å². The van der Waals surface area contributed by atoms with Crippen molar-refractivity contribution in [1.82, 2.24) is 14.5 Å². The van der Waals surface area contributed by atoms with Crippen LogP contribution in [0.2, 0.25) is 5.02 Å². The third kappa shape index (κ3) is 6.93. The van der Waals surface area contributed by atoms with Gasteiger partial charge >= 0.3 is 0 Å². The van der Waals surface area contributed by atoms with E-state index in [-0.39, 0.29) is 23.9 Å². The molecule has 37 heavy (non-hydrogen) atoms. The molecule has 0 bridgehead atoms. The standard InChI is InChI=1S/C27H33ClFN3O5/c1-19-30-9-12-32(19)10-3-13-36-24-7-4-20(14-25(24)35-2)16-31-11-8-26(33)27(34,17-31)18-37-21-5-6-22(28)23(29)15-21/h4-7,9,12,14-15,26,33-34H,3,8,10-11,13,16-18H2,1-2H3/t26-,27-/m0/s1. The number of aromatic nitrogens is 2. The molecule has 0 unspecified atom stereocenters. The van der Waals surface area contributed by atoms with Gasteiger partial charge in [-0.1, -0.05) is 17.7 Å². The van der Waals surface area contributed by atoms with E-state index in [1.807, 2.05) is 36.2 Å². The average molecular weight is 534 g/mol. The molecule has 2 heterocycles. The number of β-amino-alcohol motifs (C(OH)–C–C–N with tert-alkyl or cyclic N) is 1. The van der Waals surface area contributed by atoms with Gasteiger partial charge in [0, 0.05) is 44.6 Å². The van der Waals surface area contributed by atoms with Gasteiger partial charge in [0.2, 0.25) is 0 Å². The second-order valence-corrected chi connectivity index (χ2v) is 9.75. The molecule has 10 heteroatoms. The summed E-state index contributed by atoms with van der Waals surface area (Å²) < 4.78 is 32.9. The van der Waals surface area contributed by atoms with Gasteiger partial charge in [0.05, 0.1) is 24.8 Å². The van der Waals surface area contributed by atoms with Gasteiger partial charge in [-0.15, -0.1) is 0 Å². The number of hydrogen-bond donors (Lipinski definition) is 2. The third-order valence-electron chi connectivity index (χ3n) is 6.58. The van der Waals surface area contributed by atoms with E-state index in [4.69, 9.17) is 25.8 Å². The lowest BCUT2D eigenvalue weighted by Crippen LogP contribution is -2.59. The molecule has 1 aliphatic rings. The number of halogens is 2. The molecule has 0 amide bonds. The lowest BCUT2D eigenvalue weighted by Gasteiger charge is -2.42. The van der Waals surface area contributed by atoms with Crippen molar-refractivity contribution in [3.05, 3.63) is 71.0 Å². The van der Waals surface area contributed by atoms with Crippen LogP contribution in [0.4, 0.5) is 4.39 Å². The van der Waals surface area contributed by atoms with Crippen LogP contribution in [0.3, 0.4) is 0 Å². The van der Waals surface area contributed by atoms with Crippen LogP contribution >= 0.6 is 11.6 Å². The summed E-state index contributed by atoms with van der Waals surface area (Å²) in [6.45, 7) is 4.50. The molecular weight excluding hydrogens is 501 g/mol. The SMILES string of the molecule is COc1cc(CN2CC[C@H](O)[C@@](O)(COc3ccc(Cl)c(F)c3)C2)ccc1OCCCn1ccnc1C. The fraction of sp³-hybridized carbons (Fsp3) is 0.444. The van der Waals surface area contributed by atoms with Crippen molar-refractivity contribution in [3.8, 4) is 17.2 Å². The number of hydrogen-bond acceptors (Lipinski definition) is 7. The zero-order valence-corrected chi connectivity index (χ0v) is 21.8. The quantitative estimate of drug-likeness (QED) is 0.362. The van der Waals surface area contributed by atoms with Gasteiger partial charge in [-0.3, -0.25) is 4.90 Å². The number of nitrogens with zero attached hydrogens (tertiary/aromatic N) is 3. The maximum absolute atomic E-state index is 13.7. The van der Waals surface area contributed by atoms with Gasteiger partial charge in [-0.05, 0) is 49.6 Å². The molecule has 1 aromatic heterocycles. The molecule has 8 nitrogen and oxygen atoms in total. The molecule has 2 aromatic carbocycles. The Morgan fingerprint density at radius 2 is 2.03 bits per heavy atom. The minimum Gasteiger partial charge on any atom is -0.493 e. The van der Waals surface area contributed by atoms with Crippen LogP contribution in [0.25, 0.3) is 0 Å². The molecule has 2 atom stereocenters. The predicted octanol–water partition coefficient (Wildman–Crippen LogP) is 3.84. The molecular formula is C27H33ClFN3O5. The minimum atomic E-state index is -1.50. The van der Waals surface area contributed by atoms with Crippen LogP contribution in [0, 0.1) is 12.7 Å². The molecule has 0 aliphatic carbocycles. The van der Waals surface area contributed by atoms with Crippen LogP contribution < -0.4 is 14.2 Å². The third-order valence-corrected chi connectivity index (χ3v) is 6.88. The Balaban J connectivity index is 1.32. The molecule has 1 aliphatic heterocycles. The number of methoxy groups -OCH3 is 1. The van der Waals surface area contributed by atoms with Crippen molar-refractivity contribution in [1.29, 1.82) is 0 Å². The maximum Gasteiger partial charge on any atom is 0.161 e. The lowest BCUT2D eigenvalue weighted by atomic mass is 9.90. The van der Waals surface area contributed by atoms with Gasteiger partial charge in [0.15, 0.2) is 11.5 Å². The smallest absolute Gasteiger partial charge is 0.161 e. The van der Waals surface area contributed by atoms with Gasteiger partial charge in [-0.25, -0.2) is 9.37 Å². The number of benzene rings is 2. The van der Waals surface area contributed by atoms with Crippen LogP contribution in [0.5, 0.6) is 17.2 Å². The van der Waals surface area contributed by atoms with Crippen molar-refractivity contribution in [2.75, 3.05) is 33.4 Å². The Hall–Kier alpha value is -2.85. The second-order valence-electron chi connectivity index (χ2n) is 9.34. The largest absolute Gasteiger partial charge is 0.493 e. The molecule has 1 fully saturated rings. The Labute approximate surface area is 221 Å². The average Bonchev–Trinajstić information content (AvgIpc) is 3.30. The van der Waals surface area contributed by atoms with Gasteiger partial charge in [-0.2, -0.15) is 0 Å². The van der Waals surface area contributed by atoms with E-state index in [1.54, 1.807) is 13.3 Å². The number of imidazole rings is 1. The maximum atomic E-state index is 13.7. The first-order valence-electron chi connectivity index (χ1n) is 12.3. The molecule has 0 spiro atoms. The van der Waals surface area contributed by atoms with Crippen molar-refractivity contribution < 1.29 is 28.8 Å². The van der Waals surface area contributed by atoms with Gasteiger partial charge in [0.1, 0.15) is 29.6 Å². The topological polar surface area (TPSA) is 89.2 Å². The van der Waals surface area contributed by atoms with Gasteiger partial charge < -0.3 is 29.0 Å². The highest BCUT2D eigenvalue weighted by Gasteiger charge is 2.42. The van der Waals surface area contributed by atoms with E-state index in [0.29, 0.717) is 37.6 Å². The highest BCUT2D eigenvalue weighted by atomic mass is 35.5. The summed E-state index contributed by atoms with van der Waals surface area (Å²) in [6, 6.07) is 9.85. The lowest BCUT2D eigenvalue weighted by molar-refractivity contribution is -0.140. The van der Waals surface area contributed by atoms with Crippen molar-refractivity contribution in [2.45, 2.75) is 44.6 Å². The fourth-order valence-electron chi connectivity index (χ4n) is 4.44. The first-order chi connectivity index (χ1) is 17.8. The van der Waals surface area contributed by atoms with E-state index < -0.39 is 17.5 Å². The zero-order chi connectivity index (χ0) is 26.4. The highest BCUT2D eigenvalue weighted by molar-refractivity contribution is 6.30. The first kappa shape index (κ1) is 27.2. The second kappa shape index (κ2) is 12.1. The van der Waals surface area contributed by atoms with E-state index in [2.05, 4.69) is 9.55 Å². The molecule has 0 saturated carbocycles. The van der Waals surface area contributed by atoms with Crippen molar-refractivity contribution in [3.63, 3.8) is 0 Å². The van der Waals surface area contributed by atoms with E-state index in [1.165, 1.54) is 12.1 Å². The summed E-state index contributed by atoms with van der Waals surface area (Å²) in [5, 5.41) is 21.6. The van der Waals surface area contributed by atoms with Crippen molar-refractivity contribution in [2.24, 2.45) is 0 Å². The van der Waals surface area contributed by atoms with E-state index >= 15 is 0 Å². The molecule has 2 N–H and O–H groups in total. The van der Waals surface area contributed by atoms with E-state index in [9.17, 15) is 14.6 Å². The summed E-state index contributed by atoms with van der Waals surface area (Å²) in [5.74, 6) is 1.91. The number of piperidine rings is 1. The number of likely N-dealkylation sites (tertiary alicyclic amines) is 1. The molecule has 4 rings (SSSR count). The number of rotatable bonds is 11. The summed E-state index contributed by atoms with van der Waals surface area (Å²) in [7, 11) is 1.60. The first-order valence-corrected chi connectivity index (χ1v) is 12.6. The summed E-state index contributed by atoms with van der Waals surface area (Å²) in [6.07, 6.45) is 3.99. The Bertz CT molecular complexity index is 1190. The van der Waals surface area contributed by atoms with Crippen LogP contribution in [0.15, 0.2) is 48.8 Å². The molecule has 1 saturated heterocycles. The van der Waals surface area contributed by atoms with Crippen LogP contribution in [-0.2, 0) is 13.1 Å². The predicted molar refractivity (Wildman–Crippen MR) is 138 cm³/mol. The number of ether oxygens (including phenoxy) is 3. The van der Waals surface area contributed by atoms with Crippen molar-refractivity contribution >= 4 is 11.6 Å². The summed E-state index contributed by atoms with van der Waals surface area (Å²) in [4.78, 5) is 6.27. The van der Waals surface area contributed by atoms with Crippen LogP contribution in [-0.4, -0.2) is 69.8 Å². The monoisotopic (exact) mass is 533 g/mol. The van der Waals surface area contributed by atoms with E-state index in [0.717, 1.165) is 30.4 Å². The normalized spacial score (nSPS) is 20.1. The summed E-state index contributed by atoms with van der Waals surface area (Å²) in [5.41, 5.74) is -0.521. The number of aliphatic hydroxyl groups excluding tert-OH is 1. The molecule has 0 radical (unpaired) electrons. The number of aryl methyl sites for hydroxylation is 2. The Kier molecular flexibility index (Phi) is 8.91. The zero-order valence-electron chi connectivity index (χ0n) is 21.1. The highest BCUT2D eigenvalue weighted by Crippen LogP contribution is 2.31.